The molecule has 0 atom stereocenters. The molecule has 0 saturated carbocycles. The zero-order valence-electron chi connectivity index (χ0n) is 25.2. The second-order valence-corrected chi connectivity index (χ2v) is 13.2. The minimum Gasteiger partial charge on any atom is -0.394 e. The molecular weight excluding hydrogens is 551 g/mol. The Hall–Kier alpha value is -4.37. The van der Waals surface area contributed by atoms with E-state index in [2.05, 4.69) is 102 Å². The number of phosphoric acid groups is 1. The summed E-state index contributed by atoms with van der Waals surface area (Å²) in [5, 5.41) is 3.87. The van der Waals surface area contributed by atoms with Crippen molar-refractivity contribution in [2.24, 2.45) is 0 Å². The topological polar surface area (TPSA) is 55.8 Å². The van der Waals surface area contributed by atoms with Gasteiger partial charge < -0.3 is 9.05 Å². The smallest absolute Gasteiger partial charge is 0.394 e. The molecule has 0 saturated heterocycles. The van der Waals surface area contributed by atoms with Gasteiger partial charge in [-0.15, -0.1) is 0 Å². The average molecular weight is 585 g/mol. The van der Waals surface area contributed by atoms with E-state index in [0.717, 1.165) is 88.3 Å². The Morgan fingerprint density at radius 1 is 0.512 bits per heavy atom. The average Bonchev–Trinajstić information content (AvgIpc) is 3.05. The van der Waals surface area contributed by atoms with Gasteiger partial charge in [-0.2, -0.15) is 0 Å². The molecule has 5 heteroatoms. The van der Waals surface area contributed by atoms with Crippen molar-refractivity contribution >= 4 is 29.4 Å². The first-order valence-corrected chi connectivity index (χ1v) is 16.0. The lowest BCUT2D eigenvalue weighted by molar-refractivity contribution is 0.295. The van der Waals surface area contributed by atoms with Gasteiger partial charge in [0.2, 0.25) is 0 Å². The zero-order valence-corrected chi connectivity index (χ0v) is 26.1. The molecule has 0 aromatic heterocycles. The Morgan fingerprint density at radius 2 is 0.860 bits per heavy atom. The van der Waals surface area contributed by atoms with Crippen molar-refractivity contribution in [3.63, 3.8) is 0 Å². The molecule has 6 aromatic carbocycles. The van der Waals surface area contributed by atoms with E-state index < -0.39 is 7.82 Å². The van der Waals surface area contributed by atoms with Gasteiger partial charge in [0, 0.05) is 22.3 Å². The highest BCUT2D eigenvalue weighted by Gasteiger charge is 2.38. The maximum Gasteiger partial charge on any atom is 0.584 e. The first-order chi connectivity index (χ1) is 20.5. The summed E-state index contributed by atoms with van der Waals surface area (Å²) in [6.07, 6.45) is 0. The number of benzene rings is 6. The van der Waals surface area contributed by atoms with Gasteiger partial charge in [-0.1, -0.05) is 83.9 Å². The predicted octanol–water partition coefficient (Wildman–Crippen LogP) is 10.7. The second kappa shape index (κ2) is 9.84. The molecule has 214 valence electrons. The number of hydrogen-bond acceptors (Lipinski definition) is 3. The van der Waals surface area contributed by atoms with Crippen molar-refractivity contribution in [2.45, 2.75) is 41.5 Å². The lowest BCUT2D eigenvalue weighted by atomic mass is 9.84. The van der Waals surface area contributed by atoms with Crippen LogP contribution in [0, 0.1) is 41.5 Å². The molecule has 0 aliphatic carbocycles. The van der Waals surface area contributed by atoms with Crippen molar-refractivity contribution in [1.29, 1.82) is 0 Å². The summed E-state index contributed by atoms with van der Waals surface area (Å²) in [6, 6.07) is 29.0. The van der Waals surface area contributed by atoms with Crippen molar-refractivity contribution < 1.29 is 18.5 Å². The van der Waals surface area contributed by atoms with Gasteiger partial charge in [0.25, 0.3) is 0 Å². The third-order valence-corrected chi connectivity index (χ3v) is 9.39. The maximum atomic E-state index is 14.0. The summed E-state index contributed by atoms with van der Waals surface area (Å²) < 4.78 is 26.3. The largest absolute Gasteiger partial charge is 0.584 e. The lowest BCUT2D eigenvalue weighted by Gasteiger charge is -2.21. The van der Waals surface area contributed by atoms with E-state index >= 15 is 0 Å². The zero-order chi connectivity index (χ0) is 30.2. The fraction of sp³-hybridized carbons (Fsp3) is 0.158. The standard InChI is InChI=1S/C38H33O4P/c1-21-15-23(3)33(24(4)16-21)31-19-27-11-7-9-13-29(27)35-36-30-14-10-8-12-28(30)20-32(34-25(5)17-22(2)18-26(34)6)38(36)42-43(39,40)41-37(31)35/h7-20H,1-6H3,(H,39,40). The molecule has 0 radical (unpaired) electrons. The van der Waals surface area contributed by atoms with E-state index in [4.69, 9.17) is 9.05 Å². The lowest BCUT2D eigenvalue weighted by Crippen LogP contribution is -2.01. The Bertz CT molecular complexity index is 1990. The summed E-state index contributed by atoms with van der Waals surface area (Å²) >= 11 is 0. The fourth-order valence-electron chi connectivity index (χ4n) is 7.17. The van der Waals surface area contributed by atoms with Gasteiger partial charge in [-0.05, 0) is 109 Å². The van der Waals surface area contributed by atoms with E-state index in [1.807, 2.05) is 24.3 Å². The molecule has 1 heterocycles. The van der Waals surface area contributed by atoms with Gasteiger partial charge in [0.05, 0.1) is 0 Å². The number of aryl methyl sites for hydroxylation is 6. The van der Waals surface area contributed by atoms with Crippen molar-refractivity contribution in [1.82, 2.24) is 0 Å². The van der Waals surface area contributed by atoms with Crippen LogP contribution in [0.5, 0.6) is 11.5 Å². The highest BCUT2D eigenvalue weighted by Crippen LogP contribution is 2.62. The van der Waals surface area contributed by atoms with Gasteiger partial charge in [-0.3, -0.25) is 4.89 Å². The Morgan fingerprint density at radius 3 is 1.23 bits per heavy atom. The molecule has 1 N–H and O–H groups in total. The van der Waals surface area contributed by atoms with E-state index in [-0.39, 0.29) is 0 Å². The van der Waals surface area contributed by atoms with Crippen LogP contribution < -0.4 is 9.05 Å². The van der Waals surface area contributed by atoms with Crippen LogP contribution in [0.2, 0.25) is 0 Å². The summed E-state index contributed by atoms with van der Waals surface area (Å²) in [6.45, 7) is 12.5. The Kier molecular flexibility index (Phi) is 6.28. The molecule has 0 unspecified atom stereocenters. The molecule has 1 aliphatic heterocycles. The summed E-state index contributed by atoms with van der Waals surface area (Å²) in [5.74, 6) is 0.718. The molecule has 1 aliphatic rings. The highest BCUT2D eigenvalue weighted by molar-refractivity contribution is 7.48. The molecular formula is C38H33O4P. The molecule has 43 heavy (non-hydrogen) atoms. The van der Waals surface area contributed by atoms with Crippen LogP contribution in [0.15, 0.2) is 84.9 Å². The summed E-state index contributed by atoms with van der Waals surface area (Å²) in [7, 11) is -4.62. The van der Waals surface area contributed by atoms with E-state index in [0.29, 0.717) is 11.5 Å². The van der Waals surface area contributed by atoms with Crippen molar-refractivity contribution in [3.05, 3.63) is 118 Å². The monoisotopic (exact) mass is 584 g/mol. The minimum absolute atomic E-state index is 0.359. The normalized spacial score (nSPS) is 13.7. The first kappa shape index (κ1) is 27.5. The van der Waals surface area contributed by atoms with Crippen LogP contribution in [0.4, 0.5) is 0 Å². The summed E-state index contributed by atoms with van der Waals surface area (Å²) in [5.41, 5.74) is 11.6. The quantitative estimate of drug-likeness (QED) is 0.206. The molecule has 0 bridgehead atoms. The number of fused-ring (bicyclic) bond motifs is 7. The van der Waals surface area contributed by atoms with Gasteiger partial charge >= 0.3 is 7.82 Å². The van der Waals surface area contributed by atoms with Crippen LogP contribution in [0.25, 0.3) is 54.9 Å². The maximum absolute atomic E-state index is 14.0. The third kappa shape index (κ3) is 4.45. The number of rotatable bonds is 2. The van der Waals surface area contributed by atoms with Gasteiger partial charge in [0.1, 0.15) is 11.5 Å². The van der Waals surface area contributed by atoms with E-state index in [1.54, 1.807) is 0 Å². The van der Waals surface area contributed by atoms with Crippen molar-refractivity contribution in [3.8, 4) is 44.9 Å². The highest BCUT2D eigenvalue weighted by atomic mass is 31.2. The second-order valence-electron chi connectivity index (χ2n) is 11.9. The first-order valence-electron chi connectivity index (χ1n) is 14.5. The van der Waals surface area contributed by atoms with Gasteiger partial charge in [-0.25, -0.2) is 4.57 Å². The number of hydrogen-bond donors (Lipinski definition) is 1. The molecule has 0 amide bonds. The Labute approximate surface area is 252 Å². The van der Waals surface area contributed by atoms with E-state index in [9.17, 15) is 9.46 Å². The van der Waals surface area contributed by atoms with Crippen molar-refractivity contribution in [2.75, 3.05) is 0 Å². The van der Waals surface area contributed by atoms with Crippen LogP contribution in [0.3, 0.4) is 0 Å². The SMILES string of the molecule is Cc1cc(C)c(-c2cc3ccccc3c3c2OP(=O)(O)Oc2c(-c4c(C)cc(C)cc4C)cc4ccccc4c2-3)c(C)c1. The molecule has 6 aromatic rings. The Balaban J connectivity index is 1.73. The molecule has 7 rings (SSSR count). The van der Waals surface area contributed by atoms with Crippen LogP contribution in [-0.4, -0.2) is 4.89 Å². The van der Waals surface area contributed by atoms with Crippen LogP contribution >= 0.6 is 7.82 Å². The molecule has 0 spiro atoms. The summed E-state index contributed by atoms with van der Waals surface area (Å²) in [4.78, 5) is 11.4. The third-order valence-electron chi connectivity index (χ3n) is 8.56. The van der Waals surface area contributed by atoms with E-state index in [1.165, 1.54) is 0 Å². The number of phosphoric ester groups is 1. The minimum atomic E-state index is -4.62. The van der Waals surface area contributed by atoms with Crippen LogP contribution in [-0.2, 0) is 4.57 Å². The molecule has 0 fully saturated rings. The fourth-order valence-corrected chi connectivity index (χ4v) is 8.05. The predicted molar refractivity (Wildman–Crippen MR) is 177 cm³/mol. The molecule has 4 nitrogen and oxygen atoms in total. The van der Waals surface area contributed by atoms with Crippen LogP contribution in [0.1, 0.15) is 33.4 Å². The van der Waals surface area contributed by atoms with Gasteiger partial charge in [0.15, 0.2) is 0 Å².